The van der Waals surface area contributed by atoms with Gasteiger partial charge in [-0.3, -0.25) is 4.79 Å². The fraction of sp³-hybridized carbons (Fsp3) is 0.300. The molecule has 0 heterocycles. The number of aliphatic hydroxyl groups excluding tert-OH is 1. The molecule has 4 N–H and O–H groups in total. The fourth-order valence-electron chi connectivity index (χ4n) is 1.15. The molecule has 1 rings (SSSR count). The number of anilines is 1. The molecule has 0 saturated carbocycles. The third kappa shape index (κ3) is 4.15. The van der Waals surface area contributed by atoms with Gasteiger partial charge in [-0.15, -0.1) is 0 Å². The first-order chi connectivity index (χ1) is 8.62. The first kappa shape index (κ1) is 15.9. The maximum Gasteiger partial charge on any atom is 0.416 e. The van der Waals surface area contributed by atoms with Crippen LogP contribution in [-0.4, -0.2) is 29.8 Å². The summed E-state index contributed by atoms with van der Waals surface area (Å²) in [7, 11) is 0. The molecular weight excluding hydrogens is 308 g/mol. The Kier molecular flexibility index (Phi) is 4.89. The Morgan fingerprint density at radius 2 is 2.00 bits per heavy atom. The first-order valence-electron chi connectivity index (χ1n) is 4.90. The molecule has 4 nitrogen and oxygen atoms in total. The molecule has 0 aromatic heterocycles. The topological polar surface area (TPSA) is 75.4 Å². The summed E-state index contributed by atoms with van der Waals surface area (Å²) >= 11 is 11.3. The van der Waals surface area contributed by atoms with E-state index in [0.29, 0.717) is 0 Å². The van der Waals surface area contributed by atoms with E-state index in [-0.39, 0.29) is 21.3 Å². The van der Waals surface area contributed by atoms with Gasteiger partial charge in [-0.05, 0) is 12.1 Å². The molecule has 0 aliphatic rings. The minimum Gasteiger partial charge on any atom is -0.397 e. The zero-order valence-corrected chi connectivity index (χ0v) is 10.8. The van der Waals surface area contributed by atoms with Crippen LogP contribution in [0.5, 0.6) is 0 Å². The molecule has 1 aromatic rings. The standard InChI is InChI=1S/C10H9Cl2F3N2O2/c11-5-1-4(2-6(16)8(5)12)9(19)17-3-7(18)10(13,14)15/h1-2,7,18H,3,16H2,(H,17,19). The highest BCUT2D eigenvalue weighted by atomic mass is 35.5. The molecule has 0 bridgehead atoms. The van der Waals surface area contributed by atoms with Gasteiger partial charge in [0.2, 0.25) is 0 Å². The Labute approximate surface area is 116 Å². The number of rotatable bonds is 3. The molecule has 0 saturated heterocycles. The summed E-state index contributed by atoms with van der Waals surface area (Å²) in [5.74, 6) is -0.853. The normalized spacial score (nSPS) is 13.2. The number of nitrogen functional groups attached to an aromatic ring is 1. The molecule has 1 atom stereocenters. The lowest BCUT2D eigenvalue weighted by Crippen LogP contribution is -2.40. The number of aliphatic hydroxyl groups is 1. The van der Waals surface area contributed by atoms with Crippen LogP contribution in [0.4, 0.5) is 18.9 Å². The zero-order chi connectivity index (χ0) is 14.8. The number of benzene rings is 1. The summed E-state index contributed by atoms with van der Waals surface area (Å²) in [6, 6.07) is 2.33. The largest absolute Gasteiger partial charge is 0.416 e. The number of carbonyl (C=O) groups excluding carboxylic acids is 1. The minimum absolute atomic E-state index is 0.00295. The van der Waals surface area contributed by atoms with Crippen LogP contribution >= 0.6 is 23.2 Å². The lowest BCUT2D eigenvalue weighted by atomic mass is 10.2. The van der Waals surface area contributed by atoms with Crippen LogP contribution in [0.15, 0.2) is 12.1 Å². The van der Waals surface area contributed by atoms with Crippen LogP contribution in [0.2, 0.25) is 10.0 Å². The number of nitrogens with one attached hydrogen (secondary N) is 1. The van der Waals surface area contributed by atoms with Crippen molar-refractivity contribution in [1.82, 2.24) is 5.32 Å². The van der Waals surface area contributed by atoms with Gasteiger partial charge in [0, 0.05) is 5.56 Å². The predicted molar refractivity (Wildman–Crippen MR) is 65.3 cm³/mol. The summed E-state index contributed by atoms with van der Waals surface area (Å²) in [5, 5.41) is 10.7. The third-order valence-electron chi connectivity index (χ3n) is 2.15. The highest BCUT2D eigenvalue weighted by Crippen LogP contribution is 2.29. The molecule has 0 radical (unpaired) electrons. The third-order valence-corrected chi connectivity index (χ3v) is 2.97. The van der Waals surface area contributed by atoms with Crippen LogP contribution in [-0.2, 0) is 0 Å². The van der Waals surface area contributed by atoms with E-state index in [2.05, 4.69) is 0 Å². The van der Waals surface area contributed by atoms with Crippen molar-refractivity contribution in [3.63, 3.8) is 0 Å². The predicted octanol–water partition coefficient (Wildman–Crippen LogP) is 2.23. The number of halogens is 5. The molecule has 1 unspecified atom stereocenters. The Bertz CT molecular complexity index is 471. The van der Waals surface area contributed by atoms with E-state index in [4.69, 9.17) is 34.0 Å². The molecule has 0 spiro atoms. The van der Waals surface area contributed by atoms with Crippen molar-refractivity contribution in [3.8, 4) is 0 Å². The van der Waals surface area contributed by atoms with Gasteiger partial charge < -0.3 is 16.2 Å². The Morgan fingerprint density at radius 1 is 1.42 bits per heavy atom. The van der Waals surface area contributed by atoms with E-state index in [0.717, 1.165) is 6.07 Å². The van der Waals surface area contributed by atoms with Crippen LogP contribution in [0.25, 0.3) is 0 Å². The van der Waals surface area contributed by atoms with Crippen molar-refractivity contribution in [2.24, 2.45) is 0 Å². The lowest BCUT2D eigenvalue weighted by Gasteiger charge is -2.15. The Morgan fingerprint density at radius 3 is 2.47 bits per heavy atom. The maximum atomic E-state index is 12.0. The van der Waals surface area contributed by atoms with E-state index in [1.54, 1.807) is 0 Å². The van der Waals surface area contributed by atoms with Crippen molar-refractivity contribution >= 4 is 34.8 Å². The number of hydrogen-bond donors (Lipinski definition) is 3. The molecule has 9 heteroatoms. The van der Waals surface area contributed by atoms with E-state index in [1.807, 2.05) is 5.32 Å². The van der Waals surface area contributed by atoms with Crippen molar-refractivity contribution in [2.45, 2.75) is 12.3 Å². The van der Waals surface area contributed by atoms with Crippen molar-refractivity contribution in [2.75, 3.05) is 12.3 Å². The van der Waals surface area contributed by atoms with Crippen molar-refractivity contribution in [1.29, 1.82) is 0 Å². The summed E-state index contributed by atoms with van der Waals surface area (Å²) in [5.41, 5.74) is 5.43. The zero-order valence-electron chi connectivity index (χ0n) is 9.26. The Balaban J connectivity index is 2.75. The minimum atomic E-state index is -4.80. The molecule has 0 aliphatic carbocycles. The van der Waals surface area contributed by atoms with Crippen LogP contribution in [0.1, 0.15) is 10.4 Å². The van der Waals surface area contributed by atoms with Gasteiger partial charge in [0.25, 0.3) is 5.91 Å². The van der Waals surface area contributed by atoms with E-state index < -0.39 is 24.7 Å². The second-order valence-electron chi connectivity index (χ2n) is 3.63. The average molecular weight is 317 g/mol. The van der Waals surface area contributed by atoms with Gasteiger partial charge in [0.05, 0.1) is 22.3 Å². The van der Waals surface area contributed by atoms with E-state index in [9.17, 15) is 18.0 Å². The van der Waals surface area contributed by atoms with Crippen LogP contribution in [0.3, 0.4) is 0 Å². The number of amides is 1. The van der Waals surface area contributed by atoms with E-state index >= 15 is 0 Å². The number of carbonyl (C=O) groups is 1. The first-order valence-corrected chi connectivity index (χ1v) is 5.66. The fourth-order valence-corrected chi connectivity index (χ4v) is 1.48. The molecule has 19 heavy (non-hydrogen) atoms. The summed E-state index contributed by atoms with van der Waals surface area (Å²) in [4.78, 5) is 11.5. The summed E-state index contributed by atoms with van der Waals surface area (Å²) in [6.45, 7) is -0.970. The molecule has 1 aromatic carbocycles. The molecule has 106 valence electrons. The maximum absolute atomic E-state index is 12.0. The van der Waals surface area contributed by atoms with Crippen molar-refractivity contribution < 1.29 is 23.1 Å². The highest BCUT2D eigenvalue weighted by Gasteiger charge is 2.38. The number of nitrogens with two attached hydrogens (primary N) is 1. The van der Waals surface area contributed by atoms with Gasteiger partial charge in [0.15, 0.2) is 6.10 Å². The van der Waals surface area contributed by atoms with Gasteiger partial charge in [-0.1, -0.05) is 23.2 Å². The van der Waals surface area contributed by atoms with Gasteiger partial charge in [-0.25, -0.2) is 0 Å². The highest BCUT2D eigenvalue weighted by molar-refractivity contribution is 6.43. The Hall–Kier alpha value is -1.18. The second-order valence-corrected chi connectivity index (χ2v) is 4.41. The average Bonchev–Trinajstić information content (AvgIpc) is 2.30. The van der Waals surface area contributed by atoms with Gasteiger partial charge in [-0.2, -0.15) is 13.2 Å². The lowest BCUT2D eigenvalue weighted by molar-refractivity contribution is -0.201. The molecule has 0 aliphatic heterocycles. The molecule has 1 amide bonds. The van der Waals surface area contributed by atoms with Crippen LogP contribution < -0.4 is 11.1 Å². The van der Waals surface area contributed by atoms with Crippen molar-refractivity contribution in [3.05, 3.63) is 27.7 Å². The van der Waals surface area contributed by atoms with E-state index in [1.165, 1.54) is 6.07 Å². The number of alkyl halides is 3. The van der Waals surface area contributed by atoms with Gasteiger partial charge >= 0.3 is 6.18 Å². The van der Waals surface area contributed by atoms with Gasteiger partial charge in [0.1, 0.15) is 0 Å². The monoisotopic (exact) mass is 316 g/mol. The molecular formula is C10H9Cl2F3N2O2. The van der Waals surface area contributed by atoms with Crippen LogP contribution in [0, 0.1) is 0 Å². The summed E-state index contributed by atoms with van der Waals surface area (Å²) < 4.78 is 36.1. The second kappa shape index (κ2) is 5.85. The molecule has 0 fully saturated rings. The quantitative estimate of drug-likeness (QED) is 0.748. The summed E-state index contributed by atoms with van der Waals surface area (Å²) in [6.07, 6.45) is -7.44. The number of hydrogen-bond acceptors (Lipinski definition) is 3. The smallest absolute Gasteiger partial charge is 0.397 e. The SMILES string of the molecule is Nc1cc(C(=O)NCC(O)C(F)(F)F)cc(Cl)c1Cl.